The lowest BCUT2D eigenvalue weighted by Gasteiger charge is -2.07. The first kappa shape index (κ1) is 12.8. The van der Waals surface area contributed by atoms with Crippen LogP contribution in [-0.2, 0) is 4.74 Å². The number of halogens is 2. The van der Waals surface area contributed by atoms with Gasteiger partial charge in [0.2, 0.25) is 0 Å². The van der Waals surface area contributed by atoms with Gasteiger partial charge in [-0.2, -0.15) is 0 Å². The van der Waals surface area contributed by atoms with Gasteiger partial charge in [0.25, 0.3) is 0 Å². The van der Waals surface area contributed by atoms with Gasteiger partial charge in [-0.25, -0.2) is 8.78 Å². The molecule has 0 radical (unpaired) electrons. The van der Waals surface area contributed by atoms with E-state index in [4.69, 9.17) is 4.74 Å². The van der Waals surface area contributed by atoms with E-state index >= 15 is 0 Å². The molecule has 80 valence electrons. The maximum atomic E-state index is 12.6. The summed E-state index contributed by atoms with van der Waals surface area (Å²) < 4.78 is 30.4. The van der Waals surface area contributed by atoms with Crippen molar-refractivity contribution in [2.24, 2.45) is 0 Å². The van der Waals surface area contributed by atoms with E-state index in [0.717, 1.165) is 0 Å². The van der Waals surface area contributed by atoms with E-state index < -0.39 is 12.3 Å². The highest BCUT2D eigenvalue weighted by molar-refractivity contribution is 4.53. The summed E-state index contributed by atoms with van der Waals surface area (Å²) >= 11 is 0. The Hall–Kier alpha value is -0.180. The van der Waals surface area contributed by atoms with Gasteiger partial charge in [0.05, 0.1) is 0 Å². The topological polar surface area (TPSA) is 9.23 Å². The summed E-state index contributed by atoms with van der Waals surface area (Å²) in [6, 6.07) is 0. The fraction of sp³-hybridized carbons (Fsp3) is 1.00. The Bertz CT molecular complexity index is 97.1. The van der Waals surface area contributed by atoms with Crippen molar-refractivity contribution in [3.05, 3.63) is 0 Å². The van der Waals surface area contributed by atoms with Crippen molar-refractivity contribution in [2.45, 2.75) is 51.9 Å². The largest absolute Gasteiger partial charge is 0.381 e. The van der Waals surface area contributed by atoms with Crippen LogP contribution >= 0.6 is 0 Å². The van der Waals surface area contributed by atoms with Gasteiger partial charge in [0.15, 0.2) is 0 Å². The van der Waals surface area contributed by atoms with E-state index in [1.807, 2.05) is 0 Å². The molecule has 0 saturated heterocycles. The predicted molar refractivity (Wildman–Crippen MR) is 50.4 cm³/mol. The Morgan fingerprint density at radius 2 is 1.31 bits per heavy atom. The molecule has 2 atom stereocenters. The van der Waals surface area contributed by atoms with E-state index in [1.54, 1.807) is 13.8 Å². The van der Waals surface area contributed by atoms with Crippen LogP contribution in [0.5, 0.6) is 0 Å². The molecule has 1 nitrogen and oxygen atoms in total. The monoisotopic (exact) mass is 194 g/mol. The number of hydrogen-bond donors (Lipinski definition) is 0. The Morgan fingerprint density at radius 3 is 1.62 bits per heavy atom. The summed E-state index contributed by atoms with van der Waals surface area (Å²) in [6.07, 6.45) is 0.382. The van der Waals surface area contributed by atoms with Crippen LogP contribution < -0.4 is 0 Å². The normalized spacial score (nSPS) is 15.7. The molecule has 0 aliphatic heterocycles. The number of alkyl halides is 2. The zero-order valence-electron chi connectivity index (χ0n) is 8.56. The van der Waals surface area contributed by atoms with E-state index in [0.29, 0.717) is 38.9 Å². The summed E-state index contributed by atoms with van der Waals surface area (Å²) in [5.74, 6) is 0. The molecule has 0 fully saturated rings. The van der Waals surface area contributed by atoms with Crippen molar-refractivity contribution in [1.82, 2.24) is 0 Å². The molecule has 0 aliphatic carbocycles. The van der Waals surface area contributed by atoms with Crippen LogP contribution in [-0.4, -0.2) is 25.6 Å². The number of hydrogen-bond acceptors (Lipinski definition) is 1. The quantitative estimate of drug-likeness (QED) is 0.539. The van der Waals surface area contributed by atoms with Gasteiger partial charge in [0, 0.05) is 26.1 Å². The van der Waals surface area contributed by atoms with E-state index in [9.17, 15) is 8.78 Å². The smallest absolute Gasteiger partial charge is 0.102 e. The van der Waals surface area contributed by atoms with Crippen molar-refractivity contribution in [3.63, 3.8) is 0 Å². The van der Waals surface area contributed by atoms with Crippen molar-refractivity contribution in [3.8, 4) is 0 Å². The highest BCUT2D eigenvalue weighted by Crippen LogP contribution is 2.05. The fourth-order valence-corrected chi connectivity index (χ4v) is 0.933. The second kappa shape index (κ2) is 8.42. The minimum absolute atomic E-state index is 0.408. The van der Waals surface area contributed by atoms with Crippen LogP contribution in [0.3, 0.4) is 0 Å². The molecule has 13 heavy (non-hydrogen) atoms. The van der Waals surface area contributed by atoms with E-state index in [1.165, 1.54) is 0 Å². The maximum absolute atomic E-state index is 12.6. The first-order chi connectivity index (χ1) is 6.20. The van der Waals surface area contributed by atoms with E-state index in [2.05, 4.69) is 0 Å². The summed E-state index contributed by atoms with van der Waals surface area (Å²) in [7, 11) is 0. The van der Waals surface area contributed by atoms with Crippen LogP contribution in [0.25, 0.3) is 0 Å². The summed E-state index contributed by atoms with van der Waals surface area (Å²) in [5.41, 5.74) is 0. The maximum Gasteiger partial charge on any atom is 0.102 e. The lowest BCUT2D eigenvalue weighted by atomic mass is 10.2. The standard InChI is InChI=1S/C10H20F2O/c1-3-9(11)5-7-13-8-6-10(12)4-2/h9-10H,3-8H2,1-2H3. The minimum atomic E-state index is -0.771. The molecule has 0 rings (SSSR count). The highest BCUT2D eigenvalue weighted by atomic mass is 19.1. The van der Waals surface area contributed by atoms with Gasteiger partial charge in [-0.3, -0.25) is 0 Å². The Labute approximate surface area is 79.5 Å². The molecular weight excluding hydrogens is 174 g/mol. The van der Waals surface area contributed by atoms with Crippen molar-refractivity contribution < 1.29 is 13.5 Å². The highest BCUT2D eigenvalue weighted by Gasteiger charge is 2.04. The number of ether oxygens (including phenoxy) is 1. The third-order valence-electron chi connectivity index (χ3n) is 2.04. The average Bonchev–Trinajstić information content (AvgIpc) is 2.16. The molecule has 0 aromatic carbocycles. The Balaban J connectivity index is 3.08. The fourth-order valence-electron chi connectivity index (χ4n) is 0.933. The Morgan fingerprint density at radius 1 is 0.923 bits per heavy atom. The lowest BCUT2D eigenvalue weighted by molar-refractivity contribution is 0.0929. The third-order valence-corrected chi connectivity index (χ3v) is 2.04. The summed E-state index contributed by atoms with van der Waals surface area (Å²) in [4.78, 5) is 0. The molecule has 0 amide bonds. The second-order valence-electron chi connectivity index (χ2n) is 3.20. The van der Waals surface area contributed by atoms with Gasteiger partial charge in [-0.05, 0) is 12.8 Å². The predicted octanol–water partition coefficient (Wildman–Crippen LogP) is 3.28. The first-order valence-electron chi connectivity index (χ1n) is 5.06. The third kappa shape index (κ3) is 8.16. The molecule has 0 heterocycles. The van der Waals surface area contributed by atoms with Crippen molar-refractivity contribution in [1.29, 1.82) is 0 Å². The number of rotatable bonds is 8. The molecule has 0 aliphatic rings. The molecule has 3 heteroatoms. The van der Waals surface area contributed by atoms with Gasteiger partial charge in [-0.15, -0.1) is 0 Å². The minimum Gasteiger partial charge on any atom is -0.381 e. The molecule has 0 aromatic rings. The van der Waals surface area contributed by atoms with Gasteiger partial charge < -0.3 is 4.74 Å². The molecule has 2 unspecified atom stereocenters. The lowest BCUT2D eigenvalue weighted by Crippen LogP contribution is -2.08. The zero-order valence-corrected chi connectivity index (χ0v) is 8.56. The van der Waals surface area contributed by atoms with Gasteiger partial charge >= 0.3 is 0 Å². The average molecular weight is 194 g/mol. The molecule has 0 bridgehead atoms. The molecule has 0 aromatic heterocycles. The molecule has 0 spiro atoms. The summed E-state index contributed by atoms with van der Waals surface area (Å²) in [6.45, 7) is 4.43. The molecule has 0 saturated carbocycles. The van der Waals surface area contributed by atoms with Gasteiger partial charge in [-0.1, -0.05) is 13.8 Å². The summed E-state index contributed by atoms with van der Waals surface area (Å²) in [5, 5.41) is 0. The van der Waals surface area contributed by atoms with Crippen LogP contribution in [0.15, 0.2) is 0 Å². The second-order valence-corrected chi connectivity index (χ2v) is 3.20. The van der Waals surface area contributed by atoms with Crippen LogP contribution in [0.4, 0.5) is 8.78 Å². The van der Waals surface area contributed by atoms with E-state index in [-0.39, 0.29) is 0 Å². The SMILES string of the molecule is CCC(F)CCOCCC(F)CC. The zero-order chi connectivity index (χ0) is 10.1. The first-order valence-corrected chi connectivity index (χ1v) is 5.06. The van der Waals surface area contributed by atoms with Crippen molar-refractivity contribution >= 4 is 0 Å². The van der Waals surface area contributed by atoms with Crippen LogP contribution in [0.1, 0.15) is 39.5 Å². The Kier molecular flexibility index (Phi) is 8.30. The van der Waals surface area contributed by atoms with Crippen LogP contribution in [0, 0.1) is 0 Å². The molecule has 0 N–H and O–H groups in total. The van der Waals surface area contributed by atoms with Crippen LogP contribution in [0.2, 0.25) is 0 Å². The van der Waals surface area contributed by atoms with Gasteiger partial charge in [0.1, 0.15) is 12.3 Å². The van der Waals surface area contributed by atoms with Crippen molar-refractivity contribution in [2.75, 3.05) is 13.2 Å². The molecular formula is C10H20F2O.